The van der Waals surface area contributed by atoms with E-state index in [4.69, 9.17) is 16.3 Å². The molecule has 2 heterocycles. The number of hydrogen-bond donors (Lipinski definition) is 1. The summed E-state index contributed by atoms with van der Waals surface area (Å²) >= 11 is 6.02. The third kappa shape index (κ3) is 5.32. The number of nitrogens with zero attached hydrogens (tertiary/aromatic N) is 4. The molecule has 0 saturated carbocycles. The van der Waals surface area contributed by atoms with Crippen molar-refractivity contribution < 1.29 is 13.2 Å². The lowest BCUT2D eigenvalue weighted by Gasteiger charge is -2.34. The Labute approximate surface area is 170 Å². The van der Waals surface area contributed by atoms with Gasteiger partial charge in [0, 0.05) is 45.1 Å². The zero-order valence-corrected chi connectivity index (χ0v) is 17.3. The summed E-state index contributed by atoms with van der Waals surface area (Å²) in [6.45, 7) is 4.72. The van der Waals surface area contributed by atoms with E-state index >= 15 is 0 Å². The van der Waals surface area contributed by atoms with Gasteiger partial charge < -0.3 is 9.64 Å². The van der Waals surface area contributed by atoms with Crippen LogP contribution in [-0.2, 0) is 10.0 Å². The van der Waals surface area contributed by atoms with Crippen LogP contribution in [0.3, 0.4) is 0 Å². The Balaban J connectivity index is 1.41. The van der Waals surface area contributed by atoms with Gasteiger partial charge in [-0.15, -0.1) is 0 Å². The minimum Gasteiger partial charge on any atom is -0.495 e. The van der Waals surface area contributed by atoms with Crippen LogP contribution in [0.4, 0.5) is 5.95 Å². The van der Waals surface area contributed by atoms with Crippen molar-refractivity contribution in [2.24, 2.45) is 0 Å². The van der Waals surface area contributed by atoms with Crippen molar-refractivity contribution in [2.45, 2.75) is 11.3 Å². The molecular formula is C18H24ClN5O3S. The SMILES string of the molecule is COc1ccc(S(=O)(=O)NCCCN2CCN(c3ncccn3)CC2)cc1Cl. The van der Waals surface area contributed by atoms with Crippen molar-refractivity contribution in [1.29, 1.82) is 0 Å². The molecule has 10 heteroatoms. The molecule has 28 heavy (non-hydrogen) atoms. The predicted molar refractivity (Wildman–Crippen MR) is 108 cm³/mol. The molecular weight excluding hydrogens is 402 g/mol. The molecule has 8 nitrogen and oxygen atoms in total. The van der Waals surface area contributed by atoms with E-state index < -0.39 is 10.0 Å². The number of rotatable bonds is 8. The molecule has 0 atom stereocenters. The van der Waals surface area contributed by atoms with Gasteiger partial charge in [-0.05, 0) is 37.2 Å². The Bertz CT molecular complexity index is 874. The first-order valence-electron chi connectivity index (χ1n) is 9.07. The van der Waals surface area contributed by atoms with Gasteiger partial charge >= 0.3 is 0 Å². The van der Waals surface area contributed by atoms with Crippen LogP contribution in [0.25, 0.3) is 0 Å². The maximum Gasteiger partial charge on any atom is 0.240 e. The van der Waals surface area contributed by atoms with Crippen LogP contribution in [-0.4, -0.2) is 69.7 Å². The topological polar surface area (TPSA) is 87.7 Å². The summed E-state index contributed by atoms with van der Waals surface area (Å²) in [5.74, 6) is 1.20. The summed E-state index contributed by atoms with van der Waals surface area (Å²) in [5, 5.41) is 0.269. The normalized spacial score (nSPS) is 15.6. The second-order valence-electron chi connectivity index (χ2n) is 6.43. The highest BCUT2D eigenvalue weighted by atomic mass is 35.5. The van der Waals surface area contributed by atoms with E-state index in [1.165, 1.54) is 19.2 Å². The molecule has 1 aliphatic rings. The van der Waals surface area contributed by atoms with Gasteiger partial charge in [-0.25, -0.2) is 23.1 Å². The standard InChI is InChI=1S/C18H24ClN5O3S/c1-27-17-5-4-15(14-16(17)19)28(25,26)22-8-3-9-23-10-12-24(13-11-23)18-20-6-2-7-21-18/h2,4-7,14,22H,3,8-13H2,1H3. The van der Waals surface area contributed by atoms with Crippen molar-refractivity contribution in [3.63, 3.8) is 0 Å². The fraction of sp³-hybridized carbons (Fsp3) is 0.444. The monoisotopic (exact) mass is 425 g/mol. The molecule has 2 aromatic rings. The number of piperazine rings is 1. The van der Waals surface area contributed by atoms with Gasteiger partial charge in [0.15, 0.2) is 0 Å². The van der Waals surface area contributed by atoms with Crippen LogP contribution in [0.5, 0.6) is 5.75 Å². The van der Waals surface area contributed by atoms with Crippen molar-refractivity contribution in [3.8, 4) is 5.75 Å². The number of aromatic nitrogens is 2. The molecule has 152 valence electrons. The molecule has 3 rings (SSSR count). The van der Waals surface area contributed by atoms with Gasteiger partial charge in [-0.1, -0.05) is 11.6 Å². The Morgan fingerprint density at radius 1 is 1.18 bits per heavy atom. The molecule has 0 spiro atoms. The van der Waals surface area contributed by atoms with Crippen molar-refractivity contribution in [1.82, 2.24) is 19.6 Å². The second-order valence-corrected chi connectivity index (χ2v) is 8.60. The maximum atomic E-state index is 12.4. The number of halogens is 1. The third-order valence-corrected chi connectivity index (χ3v) is 6.34. The Morgan fingerprint density at radius 3 is 2.54 bits per heavy atom. The minimum absolute atomic E-state index is 0.134. The van der Waals surface area contributed by atoms with Crippen molar-refractivity contribution >= 4 is 27.6 Å². The Kier molecular flexibility index (Phi) is 7.06. The third-order valence-electron chi connectivity index (χ3n) is 4.58. The van der Waals surface area contributed by atoms with E-state index in [1.54, 1.807) is 24.5 Å². The van der Waals surface area contributed by atoms with Crippen LogP contribution in [0.2, 0.25) is 5.02 Å². The van der Waals surface area contributed by atoms with Crippen LogP contribution >= 0.6 is 11.6 Å². The highest BCUT2D eigenvalue weighted by Gasteiger charge is 2.19. The summed E-state index contributed by atoms with van der Waals surface area (Å²) in [6.07, 6.45) is 4.22. The smallest absolute Gasteiger partial charge is 0.240 e. The number of nitrogens with one attached hydrogen (secondary N) is 1. The first-order valence-corrected chi connectivity index (χ1v) is 10.9. The lowest BCUT2D eigenvalue weighted by Crippen LogP contribution is -2.47. The average molecular weight is 426 g/mol. The fourth-order valence-electron chi connectivity index (χ4n) is 3.03. The van der Waals surface area contributed by atoms with Gasteiger partial charge in [0.1, 0.15) is 5.75 Å². The molecule has 1 aromatic heterocycles. The van der Waals surface area contributed by atoms with Crippen LogP contribution in [0, 0.1) is 0 Å². The molecule has 0 bridgehead atoms. The van der Waals surface area contributed by atoms with Gasteiger partial charge in [0.25, 0.3) is 0 Å². The zero-order valence-electron chi connectivity index (χ0n) is 15.7. The molecule has 0 unspecified atom stereocenters. The highest BCUT2D eigenvalue weighted by Crippen LogP contribution is 2.26. The number of ether oxygens (including phenoxy) is 1. The predicted octanol–water partition coefficient (Wildman–Crippen LogP) is 1.63. The zero-order chi connectivity index (χ0) is 20.0. The molecule has 1 fully saturated rings. The average Bonchev–Trinajstić information content (AvgIpc) is 2.72. The van der Waals surface area contributed by atoms with Crippen LogP contribution in [0.15, 0.2) is 41.6 Å². The van der Waals surface area contributed by atoms with Gasteiger partial charge in [-0.3, -0.25) is 4.90 Å². The Hall–Kier alpha value is -1.94. The minimum atomic E-state index is -3.59. The van der Waals surface area contributed by atoms with Crippen molar-refractivity contribution in [3.05, 3.63) is 41.7 Å². The van der Waals surface area contributed by atoms with E-state index in [-0.39, 0.29) is 9.92 Å². The number of anilines is 1. The van der Waals surface area contributed by atoms with E-state index in [2.05, 4.69) is 24.5 Å². The van der Waals surface area contributed by atoms with Gasteiger partial charge in [-0.2, -0.15) is 0 Å². The van der Waals surface area contributed by atoms with Crippen LogP contribution in [0.1, 0.15) is 6.42 Å². The van der Waals surface area contributed by atoms with E-state index in [0.717, 1.165) is 45.1 Å². The summed E-state index contributed by atoms with van der Waals surface area (Å²) in [4.78, 5) is 13.2. The molecule has 1 N–H and O–H groups in total. The summed E-state index contributed by atoms with van der Waals surface area (Å²) in [7, 11) is -2.10. The largest absolute Gasteiger partial charge is 0.495 e. The fourth-order valence-corrected chi connectivity index (χ4v) is 4.46. The van der Waals surface area contributed by atoms with E-state index in [0.29, 0.717) is 12.3 Å². The first kappa shape index (κ1) is 20.8. The number of sulfonamides is 1. The van der Waals surface area contributed by atoms with Crippen LogP contribution < -0.4 is 14.4 Å². The number of benzene rings is 1. The molecule has 0 aliphatic carbocycles. The lowest BCUT2D eigenvalue weighted by atomic mass is 10.3. The van der Waals surface area contributed by atoms with Gasteiger partial charge in [0.05, 0.1) is 17.0 Å². The van der Waals surface area contributed by atoms with E-state index in [1.807, 2.05) is 0 Å². The number of methoxy groups -OCH3 is 1. The first-order chi connectivity index (χ1) is 13.5. The second kappa shape index (κ2) is 9.51. The molecule has 0 radical (unpaired) electrons. The van der Waals surface area contributed by atoms with Gasteiger partial charge in [0.2, 0.25) is 16.0 Å². The number of hydrogen-bond acceptors (Lipinski definition) is 7. The van der Waals surface area contributed by atoms with E-state index in [9.17, 15) is 8.42 Å². The Morgan fingerprint density at radius 2 is 1.89 bits per heavy atom. The maximum absolute atomic E-state index is 12.4. The molecule has 1 aliphatic heterocycles. The van der Waals surface area contributed by atoms with Crippen molar-refractivity contribution in [2.75, 3.05) is 51.3 Å². The summed E-state index contributed by atoms with van der Waals surface area (Å²) < 4.78 is 32.5. The summed E-state index contributed by atoms with van der Waals surface area (Å²) in [6, 6.07) is 6.24. The lowest BCUT2D eigenvalue weighted by molar-refractivity contribution is 0.254. The highest BCUT2D eigenvalue weighted by molar-refractivity contribution is 7.89. The molecule has 0 amide bonds. The molecule has 1 saturated heterocycles. The summed E-state index contributed by atoms with van der Waals surface area (Å²) in [5.41, 5.74) is 0. The quantitative estimate of drug-likeness (QED) is 0.643. The molecule has 1 aromatic carbocycles.